The molecule has 0 aromatic heterocycles. The van der Waals surface area contributed by atoms with Crippen LogP contribution in [-0.4, -0.2) is 6.61 Å². The number of halogens is 1. The molecule has 0 unspecified atom stereocenters. The molecule has 0 atom stereocenters. The van der Waals surface area contributed by atoms with Crippen LogP contribution in [0.2, 0.25) is 0 Å². The van der Waals surface area contributed by atoms with E-state index in [1.54, 1.807) is 12.1 Å². The fourth-order valence-corrected chi connectivity index (χ4v) is 5.80. The number of benzene rings is 2. The zero-order valence-electron chi connectivity index (χ0n) is 17.8. The summed E-state index contributed by atoms with van der Waals surface area (Å²) in [6.07, 6.45) is 14.1. The molecule has 2 heteroatoms. The molecule has 0 spiro atoms. The highest BCUT2D eigenvalue weighted by Crippen LogP contribution is 2.44. The molecule has 2 aromatic rings. The minimum absolute atomic E-state index is 0.262. The van der Waals surface area contributed by atoms with Crippen molar-refractivity contribution in [3.8, 4) is 5.75 Å². The van der Waals surface area contributed by atoms with Crippen LogP contribution in [0.1, 0.15) is 76.2 Å². The Balaban J connectivity index is 1.40. The number of hydrogen-bond donors (Lipinski definition) is 0. The fraction of sp³-hybridized carbons (Fsp3) is 0.556. The monoisotopic (exact) mass is 394 g/mol. The highest BCUT2D eigenvalue weighted by atomic mass is 19.1. The van der Waals surface area contributed by atoms with Gasteiger partial charge in [0.05, 0.1) is 0 Å². The van der Waals surface area contributed by atoms with Gasteiger partial charge in [-0.1, -0.05) is 63.1 Å². The topological polar surface area (TPSA) is 9.23 Å². The van der Waals surface area contributed by atoms with E-state index in [0.717, 1.165) is 23.1 Å². The summed E-state index contributed by atoms with van der Waals surface area (Å²) in [5, 5.41) is 1.63. The average molecular weight is 395 g/mol. The van der Waals surface area contributed by atoms with Gasteiger partial charge in [-0.15, -0.1) is 0 Å². The van der Waals surface area contributed by atoms with E-state index in [1.807, 2.05) is 12.1 Å². The summed E-state index contributed by atoms with van der Waals surface area (Å²) in [5.74, 6) is 3.57. The molecular weight excluding hydrogens is 359 g/mol. The van der Waals surface area contributed by atoms with E-state index >= 15 is 0 Å². The van der Waals surface area contributed by atoms with Crippen molar-refractivity contribution in [1.29, 1.82) is 0 Å². The number of hydrogen-bond acceptors (Lipinski definition) is 1. The van der Waals surface area contributed by atoms with E-state index in [0.29, 0.717) is 23.7 Å². The molecule has 2 fully saturated rings. The summed E-state index contributed by atoms with van der Waals surface area (Å²) in [4.78, 5) is 0. The zero-order valence-corrected chi connectivity index (χ0v) is 17.8. The van der Waals surface area contributed by atoms with Gasteiger partial charge in [0, 0.05) is 5.39 Å². The maximum absolute atomic E-state index is 14.7. The third kappa shape index (κ3) is 4.52. The van der Waals surface area contributed by atoms with Gasteiger partial charge in [-0.25, -0.2) is 4.39 Å². The van der Waals surface area contributed by atoms with Gasteiger partial charge in [0.1, 0.15) is 6.61 Å². The first-order chi connectivity index (χ1) is 14.2. The second-order valence-electron chi connectivity index (χ2n) is 9.26. The Bertz CT molecular complexity index is 826. The molecule has 2 aliphatic carbocycles. The molecule has 1 nitrogen and oxygen atoms in total. The van der Waals surface area contributed by atoms with Crippen LogP contribution in [0.3, 0.4) is 0 Å². The lowest BCUT2D eigenvalue weighted by molar-refractivity contribution is 0.158. The highest BCUT2D eigenvalue weighted by molar-refractivity contribution is 5.85. The van der Waals surface area contributed by atoms with Gasteiger partial charge < -0.3 is 4.74 Å². The summed E-state index contributed by atoms with van der Waals surface area (Å²) < 4.78 is 20.1. The third-order valence-corrected chi connectivity index (χ3v) is 7.68. The van der Waals surface area contributed by atoms with E-state index in [1.165, 1.54) is 63.4 Å². The molecule has 0 saturated heterocycles. The van der Waals surface area contributed by atoms with Crippen molar-refractivity contribution in [2.45, 2.75) is 70.6 Å². The first-order valence-corrected chi connectivity index (χ1v) is 11.7. The molecule has 4 rings (SSSR count). The first kappa shape index (κ1) is 20.4. The quantitative estimate of drug-likeness (QED) is 0.450. The van der Waals surface area contributed by atoms with Crippen molar-refractivity contribution in [1.82, 2.24) is 0 Å². The van der Waals surface area contributed by atoms with Gasteiger partial charge in [-0.2, -0.15) is 0 Å². The summed E-state index contributed by atoms with van der Waals surface area (Å²) in [7, 11) is 0. The Labute approximate surface area is 175 Å². The Kier molecular flexibility index (Phi) is 6.57. The molecule has 0 N–H and O–H groups in total. The lowest BCUT2D eigenvalue weighted by Crippen LogP contribution is -2.25. The molecule has 2 saturated carbocycles. The highest BCUT2D eigenvalue weighted by Gasteiger charge is 2.31. The molecule has 2 aromatic carbocycles. The molecule has 2 aliphatic rings. The van der Waals surface area contributed by atoms with E-state index in [4.69, 9.17) is 4.74 Å². The molecule has 0 aliphatic heterocycles. The van der Waals surface area contributed by atoms with E-state index in [-0.39, 0.29) is 5.82 Å². The summed E-state index contributed by atoms with van der Waals surface area (Å²) in [6, 6.07) is 10.0. The van der Waals surface area contributed by atoms with Crippen LogP contribution in [0.4, 0.5) is 4.39 Å². The van der Waals surface area contributed by atoms with Crippen LogP contribution in [0.5, 0.6) is 5.75 Å². The molecule has 0 amide bonds. The van der Waals surface area contributed by atoms with Gasteiger partial charge in [-0.05, 0) is 79.2 Å². The van der Waals surface area contributed by atoms with Gasteiger partial charge in [0.2, 0.25) is 0 Å². The van der Waals surface area contributed by atoms with Crippen molar-refractivity contribution < 1.29 is 9.13 Å². The molecule has 29 heavy (non-hydrogen) atoms. The van der Waals surface area contributed by atoms with Crippen LogP contribution >= 0.6 is 0 Å². The van der Waals surface area contributed by atoms with E-state index in [2.05, 4.69) is 25.6 Å². The van der Waals surface area contributed by atoms with Crippen molar-refractivity contribution in [2.75, 3.05) is 6.61 Å². The number of ether oxygens (including phenoxy) is 1. The predicted octanol–water partition coefficient (Wildman–Crippen LogP) is 8.03. The standard InChI is InChI=1S/C27H35FO/c1-3-17-29-26-16-14-24-18-23(13-15-25(24)27(26)28)22-11-9-21(10-12-22)20-7-5-19(4-2)6-8-20/h3,13-16,18-22H,1,4-12,17H2,2H3. The lowest BCUT2D eigenvalue weighted by Gasteiger charge is -2.38. The second-order valence-corrected chi connectivity index (χ2v) is 9.26. The van der Waals surface area contributed by atoms with Gasteiger partial charge in [-0.3, -0.25) is 0 Å². The summed E-state index contributed by atoms with van der Waals surface area (Å²) >= 11 is 0. The van der Waals surface area contributed by atoms with E-state index < -0.39 is 0 Å². The third-order valence-electron chi connectivity index (χ3n) is 7.68. The van der Waals surface area contributed by atoms with Crippen LogP contribution in [-0.2, 0) is 0 Å². The molecule has 156 valence electrons. The maximum Gasteiger partial charge on any atom is 0.172 e. The Hall–Kier alpha value is -1.83. The fourth-order valence-electron chi connectivity index (χ4n) is 5.80. The second kappa shape index (κ2) is 9.32. The van der Waals surface area contributed by atoms with Crippen molar-refractivity contribution in [3.05, 3.63) is 54.4 Å². The SMILES string of the molecule is C=CCOc1ccc2cc(C3CCC(C4CCC(CC)CC4)CC3)ccc2c1F. The van der Waals surface area contributed by atoms with Crippen LogP contribution in [0.15, 0.2) is 43.0 Å². The van der Waals surface area contributed by atoms with Crippen LogP contribution < -0.4 is 4.74 Å². The summed E-state index contributed by atoms with van der Waals surface area (Å²) in [6.45, 7) is 6.30. The molecular formula is C27H35FO. The predicted molar refractivity (Wildman–Crippen MR) is 120 cm³/mol. The smallest absolute Gasteiger partial charge is 0.172 e. The van der Waals surface area contributed by atoms with E-state index in [9.17, 15) is 4.39 Å². The van der Waals surface area contributed by atoms with Crippen LogP contribution in [0, 0.1) is 23.6 Å². The first-order valence-electron chi connectivity index (χ1n) is 11.7. The Morgan fingerprint density at radius 3 is 2.31 bits per heavy atom. The Morgan fingerprint density at radius 2 is 1.66 bits per heavy atom. The van der Waals surface area contributed by atoms with Crippen molar-refractivity contribution >= 4 is 10.8 Å². The molecule has 0 radical (unpaired) electrons. The normalized spacial score (nSPS) is 27.7. The number of rotatable bonds is 6. The van der Waals surface area contributed by atoms with Gasteiger partial charge >= 0.3 is 0 Å². The minimum atomic E-state index is -0.262. The van der Waals surface area contributed by atoms with Gasteiger partial charge in [0.15, 0.2) is 11.6 Å². The maximum atomic E-state index is 14.7. The zero-order chi connectivity index (χ0) is 20.2. The average Bonchev–Trinajstić information content (AvgIpc) is 2.78. The molecule has 0 bridgehead atoms. The Morgan fingerprint density at radius 1 is 0.966 bits per heavy atom. The lowest BCUT2D eigenvalue weighted by atomic mass is 9.68. The summed E-state index contributed by atoms with van der Waals surface area (Å²) in [5.41, 5.74) is 1.38. The van der Waals surface area contributed by atoms with Gasteiger partial charge in [0.25, 0.3) is 0 Å². The van der Waals surface area contributed by atoms with Crippen molar-refractivity contribution in [3.63, 3.8) is 0 Å². The largest absolute Gasteiger partial charge is 0.486 e. The van der Waals surface area contributed by atoms with Crippen molar-refractivity contribution in [2.24, 2.45) is 17.8 Å². The minimum Gasteiger partial charge on any atom is -0.486 e. The number of fused-ring (bicyclic) bond motifs is 1. The molecule has 0 heterocycles. The van der Waals surface area contributed by atoms with Crippen LogP contribution in [0.25, 0.3) is 10.8 Å².